The highest BCUT2D eigenvalue weighted by molar-refractivity contribution is 9.10. The van der Waals surface area contributed by atoms with E-state index in [1.165, 1.54) is 25.3 Å². The number of amides is 1. The van der Waals surface area contributed by atoms with Gasteiger partial charge in [0.05, 0.1) is 7.11 Å². The lowest BCUT2D eigenvalue weighted by Gasteiger charge is -2.15. The van der Waals surface area contributed by atoms with Crippen molar-refractivity contribution >= 4 is 37.5 Å². The second-order valence-corrected chi connectivity index (χ2v) is 8.33. The Kier molecular flexibility index (Phi) is 6.66. The fourth-order valence-electron chi connectivity index (χ4n) is 2.17. The third kappa shape index (κ3) is 4.98. The summed E-state index contributed by atoms with van der Waals surface area (Å²) in [4.78, 5) is 12.2. The van der Waals surface area contributed by atoms with E-state index < -0.39 is 10.0 Å². The molecule has 1 amide bonds. The van der Waals surface area contributed by atoms with Crippen molar-refractivity contribution in [3.05, 3.63) is 52.5 Å². The molecule has 140 valence electrons. The number of carbonyl (C=O) groups excluding carboxylic acids is 1. The number of hydrogen-bond donors (Lipinski definition) is 2. The van der Waals surface area contributed by atoms with Gasteiger partial charge in [-0.25, -0.2) is 8.42 Å². The summed E-state index contributed by atoms with van der Waals surface area (Å²) in [6.45, 7) is 3.84. The minimum Gasteiger partial charge on any atom is -0.495 e. The molecule has 2 aromatic rings. The van der Waals surface area contributed by atoms with Crippen molar-refractivity contribution in [3.63, 3.8) is 0 Å². The van der Waals surface area contributed by atoms with Crippen molar-refractivity contribution in [1.29, 1.82) is 0 Å². The average molecular weight is 441 g/mol. The highest BCUT2D eigenvalue weighted by Crippen LogP contribution is 2.27. The fourth-order valence-corrected chi connectivity index (χ4v) is 3.68. The second kappa shape index (κ2) is 8.55. The largest absolute Gasteiger partial charge is 0.495 e. The summed E-state index contributed by atoms with van der Waals surface area (Å²) < 4.78 is 34.1. The van der Waals surface area contributed by atoms with Crippen LogP contribution in [0.1, 0.15) is 30.6 Å². The standard InChI is InChI=1S/C18H21BrN2O4S/c1-4-12(2)20-18(22)13-5-10-16(25-3)17(11-13)26(23,24)21-15-8-6-14(19)7-9-15/h5-12,21H,4H2,1-3H3,(H,20,22). The fraction of sp³-hybridized carbons (Fsp3) is 0.278. The first-order valence-electron chi connectivity index (χ1n) is 8.04. The van der Waals surface area contributed by atoms with Crippen molar-refractivity contribution in [3.8, 4) is 5.75 Å². The number of carbonyl (C=O) groups is 1. The van der Waals surface area contributed by atoms with Crippen LogP contribution in [0, 0.1) is 0 Å². The van der Waals surface area contributed by atoms with Crippen LogP contribution in [0.25, 0.3) is 0 Å². The molecule has 2 aromatic carbocycles. The van der Waals surface area contributed by atoms with Crippen molar-refractivity contribution in [2.24, 2.45) is 0 Å². The van der Waals surface area contributed by atoms with Crippen LogP contribution >= 0.6 is 15.9 Å². The third-order valence-corrected chi connectivity index (χ3v) is 5.73. The van der Waals surface area contributed by atoms with Gasteiger partial charge in [0, 0.05) is 21.8 Å². The molecule has 0 aromatic heterocycles. The van der Waals surface area contributed by atoms with Crippen molar-refractivity contribution < 1.29 is 17.9 Å². The Labute approximate surface area is 162 Å². The first-order chi connectivity index (χ1) is 12.3. The van der Waals surface area contributed by atoms with Crippen LogP contribution in [-0.2, 0) is 10.0 Å². The number of hydrogen-bond acceptors (Lipinski definition) is 4. The summed E-state index contributed by atoms with van der Waals surface area (Å²) in [6.07, 6.45) is 0.776. The maximum absolute atomic E-state index is 12.8. The maximum Gasteiger partial charge on any atom is 0.265 e. The molecule has 8 heteroatoms. The molecule has 2 rings (SSSR count). The van der Waals surface area contributed by atoms with Gasteiger partial charge in [-0.15, -0.1) is 0 Å². The topological polar surface area (TPSA) is 84.5 Å². The lowest BCUT2D eigenvalue weighted by atomic mass is 10.2. The minimum atomic E-state index is -3.93. The summed E-state index contributed by atoms with van der Waals surface area (Å²) in [5.74, 6) is -0.170. The molecule has 2 N–H and O–H groups in total. The van der Waals surface area contributed by atoms with Crippen LogP contribution in [0.15, 0.2) is 51.8 Å². The quantitative estimate of drug-likeness (QED) is 0.685. The molecule has 1 atom stereocenters. The summed E-state index contributed by atoms with van der Waals surface area (Å²) in [5.41, 5.74) is 0.659. The monoisotopic (exact) mass is 440 g/mol. The molecule has 0 heterocycles. The lowest BCUT2D eigenvalue weighted by molar-refractivity contribution is 0.0939. The molecule has 0 radical (unpaired) electrons. The number of ether oxygens (including phenoxy) is 1. The van der Waals surface area contributed by atoms with Gasteiger partial charge in [0.2, 0.25) is 0 Å². The molecule has 26 heavy (non-hydrogen) atoms. The van der Waals surface area contributed by atoms with Crippen LogP contribution < -0.4 is 14.8 Å². The number of anilines is 1. The van der Waals surface area contributed by atoms with Gasteiger partial charge in [0.1, 0.15) is 10.6 Å². The zero-order valence-corrected chi connectivity index (χ0v) is 17.1. The second-order valence-electron chi connectivity index (χ2n) is 5.76. The number of halogens is 1. The number of benzene rings is 2. The van der Waals surface area contributed by atoms with Gasteiger partial charge >= 0.3 is 0 Å². The predicted octanol–water partition coefficient (Wildman–Crippen LogP) is 3.79. The molecular formula is C18H21BrN2O4S. The first-order valence-corrected chi connectivity index (χ1v) is 10.3. The van der Waals surface area contributed by atoms with Gasteiger partial charge in [-0.2, -0.15) is 0 Å². The Morgan fingerprint density at radius 2 is 1.85 bits per heavy atom. The van der Waals surface area contributed by atoms with E-state index in [4.69, 9.17) is 4.74 Å². The van der Waals surface area contributed by atoms with Gasteiger partial charge in [0.15, 0.2) is 0 Å². The highest BCUT2D eigenvalue weighted by Gasteiger charge is 2.22. The number of sulfonamides is 1. The van der Waals surface area contributed by atoms with E-state index in [9.17, 15) is 13.2 Å². The Morgan fingerprint density at radius 1 is 1.19 bits per heavy atom. The van der Waals surface area contributed by atoms with Gasteiger partial charge in [-0.1, -0.05) is 22.9 Å². The van der Waals surface area contributed by atoms with E-state index in [2.05, 4.69) is 26.0 Å². The SMILES string of the molecule is CCC(C)NC(=O)c1ccc(OC)c(S(=O)(=O)Nc2ccc(Br)cc2)c1. The van der Waals surface area contributed by atoms with Crippen LogP contribution in [0.5, 0.6) is 5.75 Å². The number of rotatable bonds is 7. The Morgan fingerprint density at radius 3 is 2.42 bits per heavy atom. The zero-order valence-electron chi connectivity index (χ0n) is 14.7. The summed E-state index contributed by atoms with van der Waals surface area (Å²) in [6, 6.07) is 11.0. The van der Waals surface area contributed by atoms with Gasteiger partial charge in [-0.3, -0.25) is 9.52 Å². The van der Waals surface area contributed by atoms with Crippen molar-refractivity contribution in [1.82, 2.24) is 5.32 Å². The molecule has 0 aliphatic carbocycles. The molecule has 0 spiro atoms. The van der Waals surface area contributed by atoms with Crippen LogP contribution in [0.2, 0.25) is 0 Å². The molecule has 0 saturated heterocycles. The van der Waals surface area contributed by atoms with E-state index in [-0.39, 0.29) is 28.2 Å². The van der Waals surface area contributed by atoms with E-state index >= 15 is 0 Å². The van der Waals surface area contributed by atoms with E-state index in [0.29, 0.717) is 5.69 Å². The first kappa shape index (κ1) is 20.3. The van der Waals surface area contributed by atoms with Gasteiger partial charge in [-0.05, 0) is 55.8 Å². The van der Waals surface area contributed by atoms with E-state index in [1.807, 2.05) is 13.8 Å². The maximum atomic E-state index is 12.8. The highest BCUT2D eigenvalue weighted by atomic mass is 79.9. The molecule has 0 aliphatic rings. The molecule has 0 saturated carbocycles. The molecular weight excluding hydrogens is 420 g/mol. The zero-order chi connectivity index (χ0) is 19.3. The minimum absolute atomic E-state index is 0.00875. The molecule has 0 bridgehead atoms. The van der Waals surface area contributed by atoms with E-state index in [0.717, 1.165) is 10.9 Å². The van der Waals surface area contributed by atoms with Crippen LogP contribution in [0.4, 0.5) is 5.69 Å². The van der Waals surface area contributed by atoms with Gasteiger partial charge in [0.25, 0.3) is 15.9 Å². The summed E-state index contributed by atoms with van der Waals surface area (Å²) in [7, 11) is -2.55. The Balaban J connectivity index is 2.37. The normalized spacial score (nSPS) is 12.3. The predicted molar refractivity (Wildman–Crippen MR) is 105 cm³/mol. The molecule has 0 aliphatic heterocycles. The lowest BCUT2D eigenvalue weighted by Crippen LogP contribution is -2.32. The number of methoxy groups -OCH3 is 1. The molecule has 6 nitrogen and oxygen atoms in total. The summed E-state index contributed by atoms with van der Waals surface area (Å²) in [5, 5.41) is 2.82. The summed E-state index contributed by atoms with van der Waals surface area (Å²) >= 11 is 3.30. The average Bonchev–Trinajstić information content (AvgIpc) is 2.62. The molecule has 1 unspecified atom stereocenters. The Bertz CT molecular complexity index is 883. The van der Waals surface area contributed by atoms with Crippen LogP contribution in [0.3, 0.4) is 0 Å². The van der Waals surface area contributed by atoms with Gasteiger partial charge < -0.3 is 10.1 Å². The smallest absolute Gasteiger partial charge is 0.265 e. The van der Waals surface area contributed by atoms with Crippen LogP contribution in [-0.4, -0.2) is 27.5 Å². The van der Waals surface area contributed by atoms with Crippen molar-refractivity contribution in [2.45, 2.75) is 31.2 Å². The third-order valence-electron chi connectivity index (χ3n) is 3.80. The Hall–Kier alpha value is -2.06. The number of nitrogens with one attached hydrogen (secondary N) is 2. The van der Waals surface area contributed by atoms with E-state index in [1.54, 1.807) is 24.3 Å². The van der Waals surface area contributed by atoms with Crippen molar-refractivity contribution in [2.75, 3.05) is 11.8 Å². The molecule has 0 fully saturated rings.